The van der Waals surface area contributed by atoms with Crippen LogP contribution in [0.5, 0.6) is 28.7 Å². The van der Waals surface area contributed by atoms with Crippen LogP contribution in [-0.2, 0) is 32.9 Å². The van der Waals surface area contributed by atoms with Gasteiger partial charge >= 0.3 is 0 Å². The predicted octanol–water partition coefficient (Wildman–Crippen LogP) is 6.84. The number of ether oxygens (including phenoxy) is 5. The van der Waals surface area contributed by atoms with Gasteiger partial charge in [-0.25, -0.2) is 26.8 Å². The second kappa shape index (κ2) is 21.2. The molecule has 6 aromatic rings. The molecule has 4 aromatic carbocycles. The first-order valence-corrected chi connectivity index (χ1v) is 25.5. The number of sulfonamides is 2. The summed E-state index contributed by atoms with van der Waals surface area (Å²) in [5.74, 6) is 2.63. The van der Waals surface area contributed by atoms with Crippen molar-refractivity contribution in [2.75, 3.05) is 97.7 Å². The zero-order chi connectivity index (χ0) is 46.1. The van der Waals surface area contributed by atoms with Crippen molar-refractivity contribution in [3.05, 3.63) is 124 Å². The zero-order valence-electron chi connectivity index (χ0n) is 37.3. The number of hydrogen-bond donors (Lipinski definition) is 0. The molecule has 19 heteroatoms. The predicted molar refractivity (Wildman–Crippen MR) is 255 cm³/mol. The number of thiazole rings is 2. The van der Waals surface area contributed by atoms with Gasteiger partial charge in [-0.3, -0.25) is 0 Å². The van der Waals surface area contributed by atoms with Crippen LogP contribution in [0.2, 0.25) is 0 Å². The second-order valence-electron chi connectivity index (χ2n) is 15.2. The molecule has 2 aromatic heterocycles. The maximum atomic E-state index is 13.2. The zero-order valence-corrected chi connectivity index (χ0v) is 40.6. The third-order valence-corrected chi connectivity index (χ3v) is 16.8. The third-order valence-electron chi connectivity index (χ3n) is 11.1. The Hall–Kier alpha value is -5.44. The van der Waals surface area contributed by atoms with Gasteiger partial charge in [0, 0.05) is 93.7 Å². The van der Waals surface area contributed by atoms with E-state index in [0.29, 0.717) is 81.8 Å². The Kier molecular flexibility index (Phi) is 15.5. The van der Waals surface area contributed by atoms with Crippen molar-refractivity contribution >= 4 is 53.0 Å². The third kappa shape index (κ3) is 11.2. The van der Waals surface area contributed by atoms with Crippen LogP contribution in [0.3, 0.4) is 0 Å². The number of hydrogen-bond acceptors (Lipinski definition) is 15. The summed E-state index contributed by atoms with van der Waals surface area (Å²) in [5, 5.41) is 5.98. The number of para-hydroxylation sites is 1. The number of rotatable bonds is 15. The van der Waals surface area contributed by atoms with Gasteiger partial charge in [-0.15, -0.1) is 22.7 Å². The lowest BCUT2D eigenvalue weighted by Crippen LogP contribution is -2.48. The van der Waals surface area contributed by atoms with Gasteiger partial charge in [-0.05, 0) is 42.8 Å². The summed E-state index contributed by atoms with van der Waals surface area (Å²) in [6, 6.07) is 25.7. The van der Waals surface area contributed by atoms with Gasteiger partial charge in [-0.1, -0.05) is 48.0 Å². The fourth-order valence-electron chi connectivity index (χ4n) is 7.61. The van der Waals surface area contributed by atoms with Crippen LogP contribution in [-0.4, -0.2) is 123 Å². The van der Waals surface area contributed by atoms with Crippen molar-refractivity contribution in [3.63, 3.8) is 0 Å². The minimum absolute atomic E-state index is 0.196. The van der Waals surface area contributed by atoms with E-state index in [-0.39, 0.29) is 9.79 Å². The fourth-order valence-corrected chi connectivity index (χ4v) is 12.2. The minimum atomic E-state index is -3.63. The monoisotopic (exact) mass is 962 g/mol. The van der Waals surface area contributed by atoms with Crippen molar-refractivity contribution in [1.29, 1.82) is 0 Å². The minimum Gasteiger partial charge on any atom is -0.496 e. The summed E-state index contributed by atoms with van der Waals surface area (Å²) in [5.41, 5.74) is 5.58. The summed E-state index contributed by atoms with van der Waals surface area (Å²) in [4.78, 5) is 14.3. The largest absolute Gasteiger partial charge is 0.496 e. The molecule has 65 heavy (non-hydrogen) atoms. The lowest BCUT2D eigenvalue weighted by atomic mass is 10.1. The van der Waals surface area contributed by atoms with Crippen molar-refractivity contribution in [2.45, 2.75) is 29.6 Å². The van der Waals surface area contributed by atoms with Crippen molar-refractivity contribution < 1.29 is 40.5 Å². The highest BCUT2D eigenvalue weighted by Crippen LogP contribution is 2.34. The van der Waals surface area contributed by atoms with Gasteiger partial charge in [0.05, 0.1) is 56.7 Å². The van der Waals surface area contributed by atoms with Crippen molar-refractivity contribution in [3.8, 4) is 28.7 Å². The molecule has 0 saturated carbocycles. The van der Waals surface area contributed by atoms with E-state index in [0.717, 1.165) is 39.4 Å². The first-order valence-electron chi connectivity index (χ1n) is 20.9. The maximum Gasteiger partial charge on any atom is 0.243 e. The highest BCUT2D eigenvalue weighted by molar-refractivity contribution is 7.89. The van der Waals surface area contributed by atoms with E-state index in [1.165, 1.54) is 60.3 Å². The molecule has 0 aliphatic carbocycles. The molecule has 0 atom stereocenters. The summed E-state index contributed by atoms with van der Waals surface area (Å²) in [6.45, 7) is 6.03. The van der Waals surface area contributed by atoms with Crippen LogP contribution in [0.1, 0.15) is 28.1 Å². The molecule has 2 saturated heterocycles. The van der Waals surface area contributed by atoms with E-state index in [9.17, 15) is 16.8 Å². The number of anilines is 2. The maximum absolute atomic E-state index is 13.2. The van der Waals surface area contributed by atoms with Crippen molar-refractivity contribution in [2.24, 2.45) is 0 Å². The quantitative estimate of drug-likeness (QED) is 0.106. The molecule has 4 heterocycles. The summed E-state index contributed by atoms with van der Waals surface area (Å²) < 4.78 is 82.0. The van der Waals surface area contributed by atoms with Gasteiger partial charge in [0.2, 0.25) is 20.0 Å². The summed E-state index contributed by atoms with van der Waals surface area (Å²) in [6.07, 6.45) is 1.49. The molecule has 346 valence electrons. The van der Waals surface area contributed by atoms with Gasteiger partial charge in [0.15, 0.2) is 33.3 Å². The Morgan fingerprint density at radius 1 is 0.508 bits per heavy atom. The standard InChI is InChI=1S/C23H27N3O5S2.C23H27N3O4S2/c1-29-20-7-5-4-6-17(20)14-18-16-32-23(24-18)25-10-12-26(13-11-25)33(27,28)19-8-9-21(30-2)22(15-19)31-3;1-17-5-4-6-18(13-17)14-19-16-31-23(24-19)25-9-11-26(12-10-25)32(27,28)20-7-8-21(29-2)22(15-20)30-3/h4-9,15-16H,10-14H2,1-3H3;4-8,13,15-16H,9-12,14H2,1-3H3. The Labute approximate surface area is 389 Å². The van der Waals surface area contributed by atoms with E-state index in [1.807, 2.05) is 24.3 Å². The number of methoxy groups -OCH3 is 5. The van der Waals surface area contributed by atoms with Crippen LogP contribution in [0.25, 0.3) is 0 Å². The molecule has 0 radical (unpaired) electrons. The highest BCUT2D eigenvalue weighted by Gasteiger charge is 2.32. The van der Waals surface area contributed by atoms with Gasteiger partial charge in [0.25, 0.3) is 0 Å². The normalized spacial score (nSPS) is 14.9. The van der Waals surface area contributed by atoms with Crippen LogP contribution < -0.4 is 33.5 Å². The summed E-state index contributed by atoms with van der Waals surface area (Å²) >= 11 is 3.19. The average molecular weight is 963 g/mol. The molecule has 0 N–H and O–H groups in total. The Morgan fingerprint density at radius 2 is 0.969 bits per heavy atom. The smallest absolute Gasteiger partial charge is 0.243 e. The Balaban J connectivity index is 0.000000194. The summed E-state index contributed by atoms with van der Waals surface area (Å²) in [7, 11) is 0.456. The molecule has 2 fully saturated rings. The van der Waals surface area contributed by atoms with E-state index < -0.39 is 20.0 Å². The molecule has 0 amide bonds. The molecule has 8 rings (SSSR count). The number of aromatic nitrogens is 2. The lowest BCUT2D eigenvalue weighted by Gasteiger charge is -2.33. The molecule has 2 aliphatic rings. The highest BCUT2D eigenvalue weighted by atomic mass is 32.2. The molecule has 0 bridgehead atoms. The first-order chi connectivity index (χ1) is 31.4. The van der Waals surface area contributed by atoms with E-state index in [1.54, 1.807) is 54.0 Å². The van der Waals surface area contributed by atoms with Gasteiger partial charge in [0.1, 0.15) is 5.75 Å². The van der Waals surface area contributed by atoms with E-state index >= 15 is 0 Å². The number of piperazine rings is 2. The fraction of sp³-hybridized carbons (Fsp3) is 0.348. The van der Waals surface area contributed by atoms with Crippen LogP contribution in [0, 0.1) is 6.92 Å². The van der Waals surface area contributed by atoms with Gasteiger partial charge in [-0.2, -0.15) is 8.61 Å². The van der Waals surface area contributed by atoms with E-state index in [2.05, 4.69) is 51.7 Å². The Morgan fingerprint density at radius 3 is 1.43 bits per heavy atom. The number of benzene rings is 4. The van der Waals surface area contributed by atoms with Crippen LogP contribution in [0.4, 0.5) is 10.3 Å². The number of aryl methyl sites for hydroxylation is 1. The Bertz CT molecular complexity index is 2770. The molecular formula is C46H54N6O9S4. The number of nitrogens with zero attached hydrogens (tertiary/aromatic N) is 6. The van der Waals surface area contributed by atoms with Gasteiger partial charge < -0.3 is 33.5 Å². The van der Waals surface area contributed by atoms with E-state index in [4.69, 9.17) is 33.7 Å². The molecule has 15 nitrogen and oxygen atoms in total. The topological polar surface area (TPSA) is 153 Å². The van der Waals surface area contributed by atoms with Crippen LogP contribution >= 0.6 is 22.7 Å². The van der Waals surface area contributed by atoms with Crippen LogP contribution in [0.15, 0.2) is 105 Å². The average Bonchev–Trinajstić information content (AvgIpc) is 4.01. The SMILES string of the molecule is COc1ccc(S(=O)(=O)N2CCN(c3nc(Cc4cccc(C)c4)cs3)CC2)cc1OC.COc1ccccc1Cc1csc(N2CCN(S(=O)(=O)c3ccc(OC)c(OC)c3)CC2)n1. The lowest BCUT2D eigenvalue weighted by molar-refractivity contribution is 0.353. The molecule has 2 aliphatic heterocycles. The first kappa shape index (κ1) is 47.5. The second-order valence-corrected chi connectivity index (χ2v) is 20.8. The molecule has 0 unspecified atom stereocenters. The molecular weight excluding hydrogens is 909 g/mol. The van der Waals surface area contributed by atoms with Crippen molar-refractivity contribution in [1.82, 2.24) is 18.6 Å². The molecule has 0 spiro atoms.